The first kappa shape index (κ1) is 13.9. The van der Waals surface area contributed by atoms with Gasteiger partial charge in [0.1, 0.15) is 5.82 Å². The van der Waals surface area contributed by atoms with Gasteiger partial charge in [-0.1, -0.05) is 6.92 Å². The molecule has 1 atom stereocenters. The van der Waals surface area contributed by atoms with Crippen LogP contribution in [0, 0.1) is 11.7 Å². The fraction of sp³-hybridized carbons (Fsp3) is 0.417. The van der Waals surface area contributed by atoms with Gasteiger partial charge in [0.05, 0.1) is 5.52 Å². The number of hydrogen-bond donors (Lipinski definition) is 2. The van der Waals surface area contributed by atoms with Crippen molar-refractivity contribution < 1.29 is 9.50 Å². The zero-order valence-electron chi connectivity index (χ0n) is 9.61. The summed E-state index contributed by atoms with van der Waals surface area (Å²) in [6.07, 6.45) is 1.72. The lowest BCUT2D eigenvalue weighted by Crippen LogP contribution is -2.02. The highest BCUT2D eigenvalue weighted by Crippen LogP contribution is 2.19. The second-order valence-corrected chi connectivity index (χ2v) is 4.19. The van der Waals surface area contributed by atoms with Gasteiger partial charge in [-0.3, -0.25) is 5.10 Å². The molecule has 1 aromatic carbocycles. The predicted molar refractivity (Wildman–Crippen MR) is 67.9 cm³/mol. The van der Waals surface area contributed by atoms with Gasteiger partial charge in [-0.2, -0.15) is 5.10 Å². The zero-order chi connectivity index (χ0) is 11.5. The summed E-state index contributed by atoms with van der Waals surface area (Å²) in [4.78, 5) is 0. The van der Waals surface area contributed by atoms with Crippen molar-refractivity contribution in [3.63, 3.8) is 0 Å². The molecule has 0 aliphatic rings. The van der Waals surface area contributed by atoms with E-state index in [-0.39, 0.29) is 30.7 Å². The molecule has 5 heteroatoms. The molecule has 0 amide bonds. The number of fused-ring (bicyclic) bond motifs is 1. The van der Waals surface area contributed by atoms with Crippen molar-refractivity contribution in [3.05, 3.63) is 29.7 Å². The van der Waals surface area contributed by atoms with Crippen molar-refractivity contribution >= 4 is 23.3 Å². The van der Waals surface area contributed by atoms with Crippen LogP contribution in [0.5, 0.6) is 0 Å². The third-order valence-corrected chi connectivity index (χ3v) is 2.80. The molecule has 0 saturated carbocycles. The molecule has 2 rings (SSSR count). The second-order valence-electron chi connectivity index (χ2n) is 4.19. The van der Waals surface area contributed by atoms with Crippen molar-refractivity contribution in [2.45, 2.75) is 19.8 Å². The summed E-state index contributed by atoms with van der Waals surface area (Å²) < 4.78 is 12.9. The van der Waals surface area contributed by atoms with Crippen LogP contribution in [0.1, 0.15) is 19.0 Å². The van der Waals surface area contributed by atoms with Crippen LogP contribution >= 0.6 is 12.4 Å². The van der Waals surface area contributed by atoms with Gasteiger partial charge in [-0.25, -0.2) is 4.39 Å². The Morgan fingerprint density at radius 3 is 2.94 bits per heavy atom. The van der Waals surface area contributed by atoms with Gasteiger partial charge in [0.25, 0.3) is 0 Å². The Bertz CT molecular complexity index is 486. The van der Waals surface area contributed by atoms with Crippen LogP contribution in [-0.4, -0.2) is 21.9 Å². The minimum atomic E-state index is -0.269. The molecule has 1 heterocycles. The number of nitrogens with one attached hydrogen (secondary N) is 1. The van der Waals surface area contributed by atoms with E-state index < -0.39 is 0 Å². The molecule has 0 aliphatic heterocycles. The molecule has 0 aliphatic carbocycles. The van der Waals surface area contributed by atoms with E-state index in [1.807, 2.05) is 6.92 Å². The van der Waals surface area contributed by atoms with Crippen molar-refractivity contribution in [2.75, 3.05) is 6.61 Å². The molecule has 1 unspecified atom stereocenters. The van der Waals surface area contributed by atoms with Crippen LogP contribution in [0.2, 0.25) is 0 Å². The monoisotopic (exact) mass is 258 g/mol. The summed E-state index contributed by atoms with van der Waals surface area (Å²) in [5.41, 5.74) is 1.67. The molecule has 2 N–H and O–H groups in total. The fourth-order valence-electron chi connectivity index (χ4n) is 1.71. The molecular formula is C12H16ClFN2O. The molecule has 0 spiro atoms. The van der Waals surface area contributed by atoms with Crippen molar-refractivity contribution in [1.29, 1.82) is 0 Å². The Hall–Kier alpha value is -1.13. The minimum Gasteiger partial charge on any atom is -0.396 e. The summed E-state index contributed by atoms with van der Waals surface area (Å²) in [5, 5.41) is 16.9. The maximum atomic E-state index is 12.9. The van der Waals surface area contributed by atoms with Gasteiger partial charge < -0.3 is 5.11 Å². The zero-order valence-corrected chi connectivity index (χ0v) is 10.4. The third-order valence-electron chi connectivity index (χ3n) is 2.80. The Balaban J connectivity index is 0.00000144. The minimum absolute atomic E-state index is 0. The molecule has 0 radical (unpaired) electrons. The average Bonchev–Trinajstić information content (AvgIpc) is 2.68. The van der Waals surface area contributed by atoms with Gasteiger partial charge in [0.2, 0.25) is 0 Å². The van der Waals surface area contributed by atoms with E-state index in [2.05, 4.69) is 10.2 Å². The summed E-state index contributed by atoms with van der Waals surface area (Å²) in [6, 6.07) is 4.61. The number of hydrogen-bond acceptors (Lipinski definition) is 2. The smallest absolute Gasteiger partial charge is 0.125 e. The predicted octanol–water partition coefficient (Wildman–Crippen LogP) is 2.68. The molecule has 17 heavy (non-hydrogen) atoms. The van der Waals surface area contributed by atoms with Gasteiger partial charge in [0.15, 0.2) is 0 Å². The summed E-state index contributed by atoms with van der Waals surface area (Å²) in [7, 11) is 0. The Kier molecular flexibility index (Phi) is 4.90. The van der Waals surface area contributed by atoms with Gasteiger partial charge in [0, 0.05) is 23.8 Å². The molecule has 0 fully saturated rings. The van der Waals surface area contributed by atoms with Crippen LogP contribution < -0.4 is 0 Å². The summed E-state index contributed by atoms with van der Waals surface area (Å²) in [6.45, 7) is 2.19. The van der Waals surface area contributed by atoms with E-state index in [0.717, 1.165) is 23.9 Å². The number of halogens is 2. The van der Waals surface area contributed by atoms with E-state index in [0.29, 0.717) is 5.52 Å². The number of aliphatic hydroxyl groups is 1. The van der Waals surface area contributed by atoms with Crippen LogP contribution in [0.25, 0.3) is 10.9 Å². The third kappa shape index (κ3) is 3.17. The largest absolute Gasteiger partial charge is 0.396 e. The van der Waals surface area contributed by atoms with E-state index in [9.17, 15) is 4.39 Å². The van der Waals surface area contributed by atoms with Crippen molar-refractivity contribution in [3.8, 4) is 0 Å². The molecule has 0 bridgehead atoms. The van der Waals surface area contributed by atoms with Crippen LogP contribution in [0.3, 0.4) is 0 Å². The summed E-state index contributed by atoms with van der Waals surface area (Å²) in [5.74, 6) is 0.00748. The molecule has 2 aromatic rings. The SMILES string of the molecule is CC(CO)CCc1[nH]nc2cc(F)ccc12.Cl. The van der Waals surface area contributed by atoms with E-state index in [1.54, 1.807) is 6.07 Å². The van der Waals surface area contributed by atoms with Gasteiger partial charge in [-0.15, -0.1) is 12.4 Å². The fourth-order valence-corrected chi connectivity index (χ4v) is 1.71. The first-order valence-corrected chi connectivity index (χ1v) is 5.44. The molecule has 3 nitrogen and oxygen atoms in total. The normalized spacial score (nSPS) is 12.4. The highest BCUT2D eigenvalue weighted by molar-refractivity contribution is 5.85. The number of aryl methyl sites for hydroxylation is 1. The number of nitrogens with zero attached hydrogens (tertiary/aromatic N) is 1. The molecule has 0 saturated heterocycles. The number of H-pyrrole nitrogens is 1. The molecule has 94 valence electrons. The molecule has 1 aromatic heterocycles. The first-order valence-electron chi connectivity index (χ1n) is 5.44. The quantitative estimate of drug-likeness (QED) is 0.886. The van der Waals surface area contributed by atoms with Crippen molar-refractivity contribution in [2.24, 2.45) is 5.92 Å². The number of aromatic amines is 1. The van der Waals surface area contributed by atoms with E-state index in [4.69, 9.17) is 5.11 Å². The Morgan fingerprint density at radius 1 is 1.47 bits per heavy atom. The van der Waals surface area contributed by atoms with E-state index >= 15 is 0 Å². The van der Waals surface area contributed by atoms with Gasteiger partial charge >= 0.3 is 0 Å². The van der Waals surface area contributed by atoms with E-state index in [1.165, 1.54) is 12.1 Å². The number of benzene rings is 1. The number of aliphatic hydroxyl groups excluding tert-OH is 1. The second kappa shape index (κ2) is 5.98. The number of rotatable bonds is 4. The standard InChI is InChI=1S/C12H15FN2O.ClH/c1-8(7-16)2-5-11-10-4-3-9(13)6-12(10)15-14-11;/h3-4,6,8,16H,2,5,7H2,1H3,(H,14,15);1H. The Labute approximate surface area is 105 Å². The first-order chi connectivity index (χ1) is 7.70. The van der Waals surface area contributed by atoms with Crippen LogP contribution in [0.15, 0.2) is 18.2 Å². The van der Waals surface area contributed by atoms with Crippen molar-refractivity contribution in [1.82, 2.24) is 10.2 Å². The van der Waals surface area contributed by atoms with Crippen LogP contribution in [0.4, 0.5) is 4.39 Å². The molecular weight excluding hydrogens is 243 g/mol. The van der Waals surface area contributed by atoms with Crippen LogP contribution in [-0.2, 0) is 6.42 Å². The summed E-state index contributed by atoms with van der Waals surface area (Å²) >= 11 is 0. The van der Waals surface area contributed by atoms with Gasteiger partial charge in [-0.05, 0) is 30.9 Å². The maximum Gasteiger partial charge on any atom is 0.125 e. The lowest BCUT2D eigenvalue weighted by atomic mass is 10.0. The number of aromatic nitrogens is 2. The lowest BCUT2D eigenvalue weighted by molar-refractivity contribution is 0.230. The lowest BCUT2D eigenvalue weighted by Gasteiger charge is -2.05. The topological polar surface area (TPSA) is 48.9 Å². The average molecular weight is 259 g/mol. The highest BCUT2D eigenvalue weighted by atomic mass is 35.5. The maximum absolute atomic E-state index is 12.9. The highest BCUT2D eigenvalue weighted by Gasteiger charge is 2.07. The Morgan fingerprint density at radius 2 is 2.24 bits per heavy atom.